The van der Waals surface area contributed by atoms with Crippen LogP contribution in [0.1, 0.15) is 66.0 Å². The molecular weight excluding hydrogens is 352 g/mol. The van der Waals surface area contributed by atoms with E-state index in [9.17, 15) is 4.79 Å². The Labute approximate surface area is 165 Å². The summed E-state index contributed by atoms with van der Waals surface area (Å²) in [5.74, 6) is -0.205. The third-order valence-electron chi connectivity index (χ3n) is 5.76. The molecule has 4 rings (SSSR count). The van der Waals surface area contributed by atoms with E-state index < -0.39 is 0 Å². The highest BCUT2D eigenvalue weighted by molar-refractivity contribution is 5.93. The minimum atomic E-state index is -0.205. The fourth-order valence-corrected chi connectivity index (χ4v) is 4.26. The second-order valence-electron chi connectivity index (χ2n) is 7.69. The van der Waals surface area contributed by atoms with E-state index in [1.54, 1.807) is 12.1 Å². The van der Waals surface area contributed by atoms with Crippen molar-refractivity contribution in [2.75, 3.05) is 6.54 Å². The number of aromatic nitrogens is 3. The number of carbonyl (C=O) groups is 1. The number of nitrogens with one attached hydrogen (secondary N) is 1. The molecule has 1 aliphatic carbocycles. The van der Waals surface area contributed by atoms with Crippen molar-refractivity contribution >= 4 is 5.91 Å². The Bertz CT molecular complexity index is 860. The molecule has 3 heterocycles. The van der Waals surface area contributed by atoms with Crippen LogP contribution < -0.4 is 5.32 Å². The molecule has 7 nitrogen and oxygen atoms in total. The molecule has 28 heavy (non-hydrogen) atoms. The predicted octanol–water partition coefficient (Wildman–Crippen LogP) is 2.62. The number of pyridine rings is 1. The molecule has 1 aliphatic heterocycles. The van der Waals surface area contributed by atoms with Gasteiger partial charge in [-0.3, -0.25) is 14.4 Å². The van der Waals surface area contributed by atoms with Crippen LogP contribution in [-0.2, 0) is 19.6 Å². The standard InChI is InChI=1S/C21H26N6O/c22-12-17-8-7-16(13-23-17)21(28)24-14-18-11-20-15-26(9-4-10-27(20)25-18)19-5-2-1-3-6-19/h7-8,11,13,19H,1-6,9-10,14-15H2,(H,24,28). The minimum Gasteiger partial charge on any atom is -0.346 e. The van der Waals surface area contributed by atoms with Gasteiger partial charge in [0.05, 0.1) is 23.5 Å². The van der Waals surface area contributed by atoms with Crippen LogP contribution in [0, 0.1) is 11.3 Å². The van der Waals surface area contributed by atoms with E-state index in [0.29, 0.717) is 23.8 Å². The average Bonchev–Trinajstić information content (AvgIpc) is 3.02. The first-order valence-electron chi connectivity index (χ1n) is 10.2. The lowest BCUT2D eigenvalue weighted by Crippen LogP contribution is -2.36. The molecule has 7 heteroatoms. The summed E-state index contributed by atoms with van der Waals surface area (Å²) in [6.45, 7) is 3.42. The molecule has 146 valence electrons. The van der Waals surface area contributed by atoms with Crippen LogP contribution in [0.3, 0.4) is 0 Å². The number of nitriles is 1. The van der Waals surface area contributed by atoms with E-state index in [0.717, 1.165) is 31.7 Å². The van der Waals surface area contributed by atoms with Gasteiger partial charge in [-0.2, -0.15) is 10.4 Å². The number of aryl methyl sites for hydroxylation is 1. The van der Waals surface area contributed by atoms with Gasteiger partial charge in [0.2, 0.25) is 0 Å². The number of rotatable bonds is 4. The summed E-state index contributed by atoms with van der Waals surface area (Å²) in [6.07, 6.45) is 9.25. The lowest BCUT2D eigenvalue weighted by atomic mass is 9.94. The van der Waals surface area contributed by atoms with Crippen molar-refractivity contribution in [3.63, 3.8) is 0 Å². The lowest BCUT2D eigenvalue weighted by molar-refractivity contribution is 0.0950. The zero-order valence-corrected chi connectivity index (χ0v) is 16.1. The monoisotopic (exact) mass is 378 g/mol. The van der Waals surface area contributed by atoms with Crippen molar-refractivity contribution in [1.29, 1.82) is 5.26 Å². The quantitative estimate of drug-likeness (QED) is 0.884. The molecule has 2 aromatic heterocycles. The highest BCUT2D eigenvalue weighted by atomic mass is 16.1. The van der Waals surface area contributed by atoms with Crippen LogP contribution in [0.4, 0.5) is 0 Å². The van der Waals surface area contributed by atoms with Crippen LogP contribution in [0.2, 0.25) is 0 Å². The molecule has 0 bridgehead atoms. The van der Waals surface area contributed by atoms with Gasteiger partial charge in [-0.05, 0) is 37.5 Å². The number of hydrogen-bond acceptors (Lipinski definition) is 5. The van der Waals surface area contributed by atoms with Gasteiger partial charge >= 0.3 is 0 Å². The van der Waals surface area contributed by atoms with E-state index in [4.69, 9.17) is 10.4 Å². The first kappa shape index (κ1) is 18.6. The van der Waals surface area contributed by atoms with Gasteiger partial charge in [-0.25, -0.2) is 4.98 Å². The zero-order valence-electron chi connectivity index (χ0n) is 16.1. The molecule has 0 unspecified atom stereocenters. The largest absolute Gasteiger partial charge is 0.346 e. The Hall–Kier alpha value is -2.72. The number of carbonyl (C=O) groups excluding carboxylic acids is 1. The lowest BCUT2D eigenvalue weighted by Gasteiger charge is -2.33. The van der Waals surface area contributed by atoms with Gasteiger partial charge < -0.3 is 5.32 Å². The first-order chi connectivity index (χ1) is 13.7. The molecule has 1 amide bonds. The molecule has 0 saturated heterocycles. The Morgan fingerprint density at radius 2 is 2.07 bits per heavy atom. The van der Waals surface area contributed by atoms with Gasteiger partial charge in [0.1, 0.15) is 11.8 Å². The highest BCUT2D eigenvalue weighted by Gasteiger charge is 2.24. The fourth-order valence-electron chi connectivity index (χ4n) is 4.26. The van der Waals surface area contributed by atoms with Crippen molar-refractivity contribution in [2.45, 2.75) is 64.2 Å². The fraction of sp³-hybridized carbons (Fsp3) is 0.524. The van der Waals surface area contributed by atoms with Gasteiger partial charge in [0.25, 0.3) is 5.91 Å². The average molecular weight is 378 g/mol. The summed E-state index contributed by atoms with van der Waals surface area (Å²) in [5.41, 5.74) is 2.88. The second-order valence-corrected chi connectivity index (χ2v) is 7.69. The van der Waals surface area contributed by atoms with Crippen molar-refractivity contribution in [1.82, 2.24) is 25.0 Å². The van der Waals surface area contributed by atoms with Gasteiger partial charge in [-0.15, -0.1) is 0 Å². The topological polar surface area (TPSA) is 86.8 Å². The molecule has 2 aromatic rings. The van der Waals surface area contributed by atoms with Crippen molar-refractivity contribution in [3.05, 3.63) is 47.0 Å². The normalized spacial score (nSPS) is 18.1. The first-order valence-corrected chi connectivity index (χ1v) is 10.2. The molecular formula is C21H26N6O. The van der Waals surface area contributed by atoms with E-state index in [1.165, 1.54) is 44.0 Å². The van der Waals surface area contributed by atoms with E-state index in [-0.39, 0.29) is 5.91 Å². The SMILES string of the molecule is N#Cc1ccc(C(=O)NCc2cc3n(n2)CCCN(C2CCCCC2)C3)cn1. The highest BCUT2D eigenvalue weighted by Crippen LogP contribution is 2.26. The molecule has 0 aromatic carbocycles. The van der Waals surface area contributed by atoms with Crippen molar-refractivity contribution < 1.29 is 4.79 Å². The zero-order chi connectivity index (χ0) is 19.3. The maximum Gasteiger partial charge on any atom is 0.253 e. The van der Waals surface area contributed by atoms with Crippen LogP contribution in [0.15, 0.2) is 24.4 Å². The maximum absolute atomic E-state index is 12.3. The third kappa shape index (κ3) is 4.23. The van der Waals surface area contributed by atoms with Crippen LogP contribution in [-0.4, -0.2) is 38.2 Å². The summed E-state index contributed by atoms with van der Waals surface area (Å²) in [6, 6.07) is 7.95. The van der Waals surface area contributed by atoms with Crippen molar-refractivity contribution in [3.8, 4) is 6.07 Å². The number of nitrogens with zero attached hydrogens (tertiary/aromatic N) is 5. The number of fused-ring (bicyclic) bond motifs is 1. The summed E-state index contributed by atoms with van der Waals surface area (Å²) in [5, 5.41) is 16.4. The van der Waals surface area contributed by atoms with Crippen LogP contribution >= 0.6 is 0 Å². The summed E-state index contributed by atoms with van der Waals surface area (Å²) in [7, 11) is 0. The molecule has 0 atom stereocenters. The predicted molar refractivity (Wildman–Crippen MR) is 104 cm³/mol. The smallest absolute Gasteiger partial charge is 0.253 e. The van der Waals surface area contributed by atoms with Crippen molar-refractivity contribution in [2.24, 2.45) is 0 Å². The van der Waals surface area contributed by atoms with E-state index in [2.05, 4.69) is 25.9 Å². The molecule has 2 aliphatic rings. The Kier molecular flexibility index (Phi) is 5.68. The maximum atomic E-state index is 12.3. The molecule has 0 spiro atoms. The van der Waals surface area contributed by atoms with Gasteiger partial charge in [0, 0.05) is 31.9 Å². The number of amides is 1. The van der Waals surface area contributed by atoms with Crippen LogP contribution in [0.25, 0.3) is 0 Å². The Morgan fingerprint density at radius 1 is 1.21 bits per heavy atom. The Balaban J connectivity index is 1.37. The molecule has 1 saturated carbocycles. The van der Waals surface area contributed by atoms with Gasteiger partial charge in [-0.1, -0.05) is 19.3 Å². The second kappa shape index (κ2) is 8.53. The van der Waals surface area contributed by atoms with E-state index >= 15 is 0 Å². The third-order valence-corrected chi connectivity index (χ3v) is 5.76. The molecule has 0 radical (unpaired) electrons. The molecule has 1 N–H and O–H groups in total. The number of hydrogen-bond donors (Lipinski definition) is 1. The van der Waals surface area contributed by atoms with E-state index in [1.807, 2.05) is 6.07 Å². The van der Waals surface area contributed by atoms with Crippen LogP contribution in [0.5, 0.6) is 0 Å². The summed E-state index contributed by atoms with van der Waals surface area (Å²) < 4.78 is 2.10. The molecule has 1 fully saturated rings. The summed E-state index contributed by atoms with van der Waals surface area (Å²) >= 11 is 0. The minimum absolute atomic E-state index is 0.205. The van der Waals surface area contributed by atoms with Gasteiger partial charge in [0.15, 0.2) is 0 Å². The summed E-state index contributed by atoms with van der Waals surface area (Å²) in [4.78, 5) is 18.9. The Morgan fingerprint density at radius 3 is 2.82 bits per heavy atom.